The van der Waals surface area contributed by atoms with Crippen molar-refractivity contribution in [3.8, 4) is 16.3 Å². The highest BCUT2D eigenvalue weighted by Gasteiger charge is 2.24. The van der Waals surface area contributed by atoms with E-state index >= 15 is 0 Å². The maximum absolute atomic E-state index is 13.5. The summed E-state index contributed by atoms with van der Waals surface area (Å²) in [7, 11) is 1.64. The molecule has 0 atom stereocenters. The molecule has 1 aromatic heterocycles. The topological polar surface area (TPSA) is 42.4 Å². The van der Waals surface area contributed by atoms with Crippen LogP contribution >= 0.6 is 11.3 Å². The molecule has 0 bridgehead atoms. The average molecular weight is 396 g/mol. The van der Waals surface area contributed by atoms with Crippen molar-refractivity contribution in [3.05, 3.63) is 70.5 Å². The molecule has 0 radical (unpaired) electrons. The van der Waals surface area contributed by atoms with E-state index in [9.17, 15) is 9.18 Å². The minimum atomic E-state index is -0.263. The maximum atomic E-state index is 13.5. The van der Waals surface area contributed by atoms with Gasteiger partial charge in [-0.15, -0.1) is 11.3 Å². The van der Waals surface area contributed by atoms with E-state index in [1.165, 1.54) is 12.1 Å². The number of amides is 1. The molecule has 28 heavy (non-hydrogen) atoms. The lowest BCUT2D eigenvalue weighted by Crippen LogP contribution is -2.35. The van der Waals surface area contributed by atoms with Crippen LogP contribution < -0.4 is 4.74 Å². The number of hydrogen-bond donors (Lipinski definition) is 0. The Morgan fingerprint density at radius 2 is 2.07 bits per heavy atom. The first-order valence-electron chi connectivity index (χ1n) is 9.27. The zero-order valence-corrected chi connectivity index (χ0v) is 16.5. The summed E-state index contributed by atoms with van der Waals surface area (Å²) >= 11 is 1.55. The molecule has 0 fully saturated rings. The van der Waals surface area contributed by atoms with Gasteiger partial charge in [-0.25, -0.2) is 9.37 Å². The molecule has 0 saturated heterocycles. The van der Waals surface area contributed by atoms with E-state index in [4.69, 9.17) is 4.74 Å². The number of rotatable bonds is 5. The second kappa shape index (κ2) is 8.10. The smallest absolute Gasteiger partial charge is 0.223 e. The fourth-order valence-corrected chi connectivity index (χ4v) is 4.47. The molecule has 2 heterocycles. The molecule has 0 saturated carbocycles. The summed E-state index contributed by atoms with van der Waals surface area (Å²) in [5, 5.41) is 0.817. The van der Waals surface area contributed by atoms with Crippen molar-refractivity contribution in [1.82, 2.24) is 9.88 Å². The zero-order chi connectivity index (χ0) is 19.5. The number of halogens is 1. The van der Waals surface area contributed by atoms with Gasteiger partial charge in [0.25, 0.3) is 0 Å². The molecule has 144 valence electrons. The lowest BCUT2D eigenvalue weighted by molar-refractivity contribution is -0.132. The van der Waals surface area contributed by atoms with Gasteiger partial charge in [0.2, 0.25) is 5.91 Å². The largest absolute Gasteiger partial charge is 0.497 e. The van der Waals surface area contributed by atoms with Gasteiger partial charge in [-0.3, -0.25) is 4.79 Å². The summed E-state index contributed by atoms with van der Waals surface area (Å²) in [5.74, 6) is 0.709. The Morgan fingerprint density at radius 3 is 2.82 bits per heavy atom. The highest BCUT2D eigenvalue weighted by Crippen LogP contribution is 2.32. The maximum Gasteiger partial charge on any atom is 0.223 e. The molecule has 0 N–H and O–H groups in total. The van der Waals surface area contributed by atoms with Crippen LogP contribution in [0.2, 0.25) is 0 Å². The van der Waals surface area contributed by atoms with Gasteiger partial charge in [-0.05, 0) is 36.2 Å². The highest BCUT2D eigenvalue weighted by molar-refractivity contribution is 7.15. The number of thiazole rings is 1. The Kier molecular flexibility index (Phi) is 5.39. The van der Waals surface area contributed by atoms with Crippen LogP contribution in [0.1, 0.15) is 22.6 Å². The van der Waals surface area contributed by atoms with E-state index in [0.717, 1.165) is 38.9 Å². The summed E-state index contributed by atoms with van der Waals surface area (Å²) in [6, 6.07) is 14.3. The fraction of sp³-hybridized carbons (Fsp3) is 0.273. The van der Waals surface area contributed by atoms with Gasteiger partial charge in [0, 0.05) is 29.8 Å². The van der Waals surface area contributed by atoms with Crippen LogP contribution in [0.3, 0.4) is 0 Å². The number of methoxy groups -OCH3 is 1. The van der Waals surface area contributed by atoms with Crippen molar-refractivity contribution in [1.29, 1.82) is 0 Å². The summed E-state index contributed by atoms with van der Waals surface area (Å²) in [6.45, 7) is 1.27. The Hall–Kier alpha value is -2.73. The first-order chi connectivity index (χ1) is 13.6. The Balaban J connectivity index is 1.39. The number of carbonyl (C=O) groups is 1. The van der Waals surface area contributed by atoms with Crippen LogP contribution in [0.4, 0.5) is 4.39 Å². The SMILES string of the molecule is COc1ccc(CCC(=O)N2CCc3nc(-c4cccc(F)c4)sc3C2)cc1. The average Bonchev–Trinajstić information content (AvgIpc) is 3.16. The first kappa shape index (κ1) is 18.6. The van der Waals surface area contributed by atoms with Crippen molar-refractivity contribution in [2.24, 2.45) is 0 Å². The molecular formula is C22H21FN2O2S. The lowest BCUT2D eigenvalue weighted by atomic mass is 10.1. The Labute approximate surface area is 167 Å². The lowest BCUT2D eigenvalue weighted by Gasteiger charge is -2.26. The molecular weight excluding hydrogens is 375 g/mol. The zero-order valence-electron chi connectivity index (χ0n) is 15.7. The normalized spacial score (nSPS) is 13.3. The van der Waals surface area contributed by atoms with E-state index < -0.39 is 0 Å². The molecule has 0 spiro atoms. The second-order valence-electron chi connectivity index (χ2n) is 6.81. The first-order valence-corrected chi connectivity index (χ1v) is 10.1. The van der Waals surface area contributed by atoms with Crippen LogP contribution in [0.5, 0.6) is 5.75 Å². The van der Waals surface area contributed by atoms with Gasteiger partial charge < -0.3 is 9.64 Å². The second-order valence-corrected chi connectivity index (χ2v) is 7.90. The number of benzene rings is 2. The number of nitrogens with zero attached hydrogens (tertiary/aromatic N) is 2. The van der Waals surface area contributed by atoms with E-state index in [1.54, 1.807) is 24.5 Å². The number of fused-ring (bicyclic) bond motifs is 1. The van der Waals surface area contributed by atoms with E-state index in [-0.39, 0.29) is 11.7 Å². The quantitative estimate of drug-likeness (QED) is 0.639. The van der Waals surface area contributed by atoms with Crippen LogP contribution in [0.25, 0.3) is 10.6 Å². The van der Waals surface area contributed by atoms with Gasteiger partial charge in [0.1, 0.15) is 16.6 Å². The molecule has 2 aromatic carbocycles. The van der Waals surface area contributed by atoms with Crippen LogP contribution in [0.15, 0.2) is 48.5 Å². The third kappa shape index (κ3) is 4.07. The van der Waals surface area contributed by atoms with Crippen LogP contribution in [0, 0.1) is 5.82 Å². The van der Waals surface area contributed by atoms with Gasteiger partial charge in [0.15, 0.2) is 0 Å². The summed E-state index contributed by atoms with van der Waals surface area (Å²) in [6.07, 6.45) is 1.94. The van der Waals surface area contributed by atoms with Gasteiger partial charge >= 0.3 is 0 Å². The van der Waals surface area contributed by atoms with Crippen LogP contribution in [-0.2, 0) is 24.2 Å². The third-order valence-electron chi connectivity index (χ3n) is 4.94. The van der Waals surface area contributed by atoms with Gasteiger partial charge in [0.05, 0.1) is 19.3 Å². The highest BCUT2D eigenvalue weighted by atomic mass is 32.1. The fourth-order valence-electron chi connectivity index (χ4n) is 3.35. The molecule has 1 aliphatic rings. The number of ether oxygens (including phenoxy) is 1. The van der Waals surface area contributed by atoms with Crippen LogP contribution in [-0.4, -0.2) is 29.4 Å². The third-order valence-corrected chi connectivity index (χ3v) is 6.07. The molecule has 0 aliphatic carbocycles. The molecule has 0 unspecified atom stereocenters. The van der Waals surface area contributed by atoms with Crippen molar-refractivity contribution < 1.29 is 13.9 Å². The Bertz CT molecular complexity index is 984. The minimum absolute atomic E-state index is 0.155. The van der Waals surface area contributed by atoms with E-state index in [2.05, 4.69) is 4.98 Å². The number of aryl methyl sites for hydroxylation is 1. The minimum Gasteiger partial charge on any atom is -0.497 e. The Morgan fingerprint density at radius 1 is 1.25 bits per heavy atom. The molecule has 6 heteroatoms. The number of hydrogen-bond acceptors (Lipinski definition) is 4. The van der Waals surface area contributed by atoms with Crippen molar-refractivity contribution in [3.63, 3.8) is 0 Å². The molecule has 1 aliphatic heterocycles. The molecule has 4 nitrogen and oxygen atoms in total. The van der Waals surface area contributed by atoms with Gasteiger partial charge in [-0.1, -0.05) is 24.3 Å². The van der Waals surface area contributed by atoms with Crippen molar-refractivity contribution in [2.45, 2.75) is 25.8 Å². The van der Waals surface area contributed by atoms with Gasteiger partial charge in [-0.2, -0.15) is 0 Å². The molecule has 1 amide bonds. The van der Waals surface area contributed by atoms with E-state index in [1.807, 2.05) is 35.2 Å². The summed E-state index contributed by atoms with van der Waals surface area (Å²) in [5.41, 5.74) is 2.94. The molecule has 3 aromatic rings. The summed E-state index contributed by atoms with van der Waals surface area (Å²) < 4.78 is 18.7. The van der Waals surface area contributed by atoms with E-state index in [0.29, 0.717) is 25.9 Å². The monoisotopic (exact) mass is 396 g/mol. The van der Waals surface area contributed by atoms with Crippen molar-refractivity contribution >= 4 is 17.2 Å². The predicted molar refractivity (Wildman–Crippen MR) is 108 cm³/mol. The number of aromatic nitrogens is 1. The predicted octanol–water partition coefficient (Wildman–Crippen LogP) is 4.48. The number of carbonyl (C=O) groups excluding carboxylic acids is 1. The molecule has 4 rings (SSSR count). The van der Waals surface area contributed by atoms with Crippen molar-refractivity contribution in [2.75, 3.05) is 13.7 Å². The standard InChI is InChI=1S/C22H21FN2O2S/c1-27-18-8-5-15(6-9-18)7-10-21(26)25-12-11-19-20(14-25)28-22(24-19)16-3-2-4-17(23)13-16/h2-6,8-9,13H,7,10-12,14H2,1H3. The summed E-state index contributed by atoms with van der Waals surface area (Å²) in [4.78, 5) is 20.3.